The van der Waals surface area contributed by atoms with E-state index in [0.717, 1.165) is 5.56 Å². The molecule has 0 radical (unpaired) electrons. The number of phenols is 1. The first kappa shape index (κ1) is 17.3. The molecule has 0 saturated heterocycles. The molecule has 0 bridgehead atoms. The molecule has 8 heteroatoms. The Morgan fingerprint density at radius 2 is 1.84 bits per heavy atom. The van der Waals surface area contributed by atoms with Crippen LogP contribution in [0.4, 0.5) is 0 Å². The summed E-state index contributed by atoms with van der Waals surface area (Å²) in [5, 5.41) is 21.5. The number of nitrogens with zero attached hydrogens (tertiary/aromatic N) is 2. The highest BCUT2D eigenvalue weighted by atomic mass is 35.5. The molecular formula is C17H13Cl2N3O3. The number of carbonyl (C=O) groups excluding carboxylic acids is 1. The molecule has 128 valence electrons. The maximum absolute atomic E-state index is 11.9. The SMILES string of the molecule is CCOC(=O)c1n[nH]nc1-c1ccc(-c2cc(Cl)cc(Cl)c2)cc1O. The zero-order valence-corrected chi connectivity index (χ0v) is 14.6. The lowest BCUT2D eigenvalue weighted by Gasteiger charge is -2.08. The molecule has 0 spiro atoms. The number of ether oxygens (including phenoxy) is 1. The fraction of sp³-hybridized carbons (Fsp3) is 0.118. The molecule has 1 heterocycles. The van der Waals surface area contributed by atoms with Gasteiger partial charge in [0.1, 0.15) is 11.4 Å². The van der Waals surface area contributed by atoms with E-state index in [1.54, 1.807) is 43.3 Å². The highest BCUT2D eigenvalue weighted by Gasteiger charge is 2.21. The highest BCUT2D eigenvalue weighted by molar-refractivity contribution is 6.35. The van der Waals surface area contributed by atoms with Gasteiger partial charge in [-0.15, -0.1) is 5.10 Å². The maximum Gasteiger partial charge on any atom is 0.361 e. The summed E-state index contributed by atoms with van der Waals surface area (Å²) in [4.78, 5) is 11.9. The highest BCUT2D eigenvalue weighted by Crippen LogP contribution is 2.35. The molecule has 2 N–H and O–H groups in total. The van der Waals surface area contributed by atoms with Crippen molar-refractivity contribution in [1.29, 1.82) is 0 Å². The number of carbonyl (C=O) groups is 1. The second-order valence-electron chi connectivity index (χ2n) is 5.13. The molecular weight excluding hydrogens is 365 g/mol. The van der Waals surface area contributed by atoms with Crippen molar-refractivity contribution in [3.8, 4) is 28.1 Å². The van der Waals surface area contributed by atoms with Crippen molar-refractivity contribution in [2.75, 3.05) is 6.61 Å². The Balaban J connectivity index is 2.01. The molecule has 0 amide bonds. The Morgan fingerprint density at radius 3 is 2.48 bits per heavy atom. The van der Waals surface area contributed by atoms with Gasteiger partial charge in [0.25, 0.3) is 0 Å². The second-order valence-corrected chi connectivity index (χ2v) is 6.00. The first-order valence-corrected chi connectivity index (χ1v) is 8.13. The van der Waals surface area contributed by atoms with Crippen molar-refractivity contribution in [3.05, 3.63) is 52.1 Å². The minimum atomic E-state index is -0.614. The van der Waals surface area contributed by atoms with Crippen LogP contribution in [0, 0.1) is 0 Å². The van der Waals surface area contributed by atoms with Crippen molar-refractivity contribution in [2.24, 2.45) is 0 Å². The first-order valence-electron chi connectivity index (χ1n) is 7.37. The lowest BCUT2D eigenvalue weighted by atomic mass is 10.0. The number of phenolic OH excluding ortho intramolecular Hbond substituents is 1. The summed E-state index contributed by atoms with van der Waals surface area (Å²) in [7, 11) is 0. The fourth-order valence-electron chi connectivity index (χ4n) is 2.39. The molecule has 0 aliphatic carbocycles. The van der Waals surface area contributed by atoms with E-state index >= 15 is 0 Å². The Kier molecular flexibility index (Phi) is 4.92. The normalized spacial score (nSPS) is 10.7. The summed E-state index contributed by atoms with van der Waals surface area (Å²) in [6.07, 6.45) is 0. The zero-order valence-electron chi connectivity index (χ0n) is 13.1. The zero-order chi connectivity index (χ0) is 18.0. The third kappa shape index (κ3) is 3.60. The van der Waals surface area contributed by atoms with Crippen molar-refractivity contribution >= 4 is 29.2 Å². The van der Waals surface area contributed by atoms with Crippen LogP contribution in [-0.4, -0.2) is 33.1 Å². The smallest absolute Gasteiger partial charge is 0.361 e. The van der Waals surface area contributed by atoms with E-state index in [2.05, 4.69) is 15.4 Å². The van der Waals surface area contributed by atoms with Gasteiger partial charge in [-0.1, -0.05) is 29.3 Å². The third-order valence-corrected chi connectivity index (χ3v) is 3.90. The van der Waals surface area contributed by atoms with Crippen LogP contribution in [0.25, 0.3) is 22.4 Å². The van der Waals surface area contributed by atoms with Crippen LogP contribution in [0.2, 0.25) is 10.0 Å². The predicted octanol–water partition coefficient (Wildman–Crippen LogP) is 4.33. The Hall–Kier alpha value is -2.57. The van der Waals surface area contributed by atoms with Gasteiger partial charge in [-0.2, -0.15) is 10.3 Å². The summed E-state index contributed by atoms with van der Waals surface area (Å²) < 4.78 is 4.94. The molecule has 0 fully saturated rings. The van der Waals surface area contributed by atoms with Crippen molar-refractivity contribution in [3.63, 3.8) is 0 Å². The number of esters is 1. The van der Waals surface area contributed by atoms with Gasteiger partial charge in [0.2, 0.25) is 0 Å². The lowest BCUT2D eigenvalue weighted by molar-refractivity contribution is 0.0520. The number of H-pyrrole nitrogens is 1. The average molecular weight is 378 g/mol. The second kappa shape index (κ2) is 7.13. The van der Waals surface area contributed by atoms with Crippen LogP contribution in [-0.2, 0) is 4.74 Å². The number of rotatable bonds is 4. The first-order chi connectivity index (χ1) is 12.0. The van der Waals surface area contributed by atoms with Crippen LogP contribution in [0.1, 0.15) is 17.4 Å². The van der Waals surface area contributed by atoms with Gasteiger partial charge < -0.3 is 9.84 Å². The van der Waals surface area contributed by atoms with Gasteiger partial charge in [0, 0.05) is 15.6 Å². The quantitative estimate of drug-likeness (QED) is 0.660. The molecule has 0 saturated carbocycles. The predicted molar refractivity (Wildman–Crippen MR) is 94.9 cm³/mol. The van der Waals surface area contributed by atoms with E-state index in [9.17, 15) is 9.90 Å². The van der Waals surface area contributed by atoms with Crippen LogP contribution >= 0.6 is 23.2 Å². The topological polar surface area (TPSA) is 88.1 Å². The Labute approximate surface area is 153 Å². The molecule has 2 aromatic carbocycles. The number of nitrogens with one attached hydrogen (secondary N) is 1. The van der Waals surface area contributed by atoms with E-state index in [1.807, 2.05) is 0 Å². The average Bonchev–Trinajstić information content (AvgIpc) is 3.03. The number of benzene rings is 2. The molecule has 3 rings (SSSR count). The van der Waals surface area contributed by atoms with Gasteiger partial charge in [0.15, 0.2) is 5.69 Å². The van der Waals surface area contributed by atoms with E-state index in [0.29, 0.717) is 21.2 Å². The summed E-state index contributed by atoms with van der Waals surface area (Å²) >= 11 is 12.0. The maximum atomic E-state index is 11.9. The molecule has 1 aromatic heterocycles. The van der Waals surface area contributed by atoms with Crippen LogP contribution in [0.15, 0.2) is 36.4 Å². The van der Waals surface area contributed by atoms with Gasteiger partial charge in [-0.05, 0) is 48.4 Å². The molecule has 0 aliphatic rings. The number of aromatic nitrogens is 3. The molecule has 3 aromatic rings. The van der Waals surface area contributed by atoms with Gasteiger partial charge >= 0.3 is 5.97 Å². The summed E-state index contributed by atoms with van der Waals surface area (Å²) in [5.74, 6) is -0.676. The summed E-state index contributed by atoms with van der Waals surface area (Å²) in [5.41, 5.74) is 2.05. The molecule has 25 heavy (non-hydrogen) atoms. The van der Waals surface area contributed by atoms with Crippen LogP contribution < -0.4 is 0 Å². The van der Waals surface area contributed by atoms with Crippen molar-refractivity contribution < 1.29 is 14.6 Å². The minimum Gasteiger partial charge on any atom is -0.507 e. The summed E-state index contributed by atoms with van der Waals surface area (Å²) in [6.45, 7) is 1.91. The van der Waals surface area contributed by atoms with Crippen molar-refractivity contribution in [1.82, 2.24) is 15.4 Å². The number of hydrogen-bond acceptors (Lipinski definition) is 5. The van der Waals surface area contributed by atoms with E-state index in [4.69, 9.17) is 27.9 Å². The molecule has 6 nitrogen and oxygen atoms in total. The number of aromatic hydroxyl groups is 1. The van der Waals surface area contributed by atoms with Crippen LogP contribution in [0.5, 0.6) is 5.75 Å². The molecule has 0 atom stereocenters. The number of aromatic amines is 1. The van der Waals surface area contributed by atoms with E-state index in [-0.39, 0.29) is 23.7 Å². The van der Waals surface area contributed by atoms with Gasteiger partial charge in [-0.3, -0.25) is 0 Å². The fourth-order valence-corrected chi connectivity index (χ4v) is 2.92. The largest absolute Gasteiger partial charge is 0.507 e. The molecule has 0 unspecified atom stereocenters. The van der Waals surface area contributed by atoms with E-state index in [1.165, 1.54) is 0 Å². The molecule has 0 aliphatic heterocycles. The van der Waals surface area contributed by atoms with Crippen molar-refractivity contribution in [2.45, 2.75) is 6.92 Å². The van der Waals surface area contributed by atoms with Gasteiger partial charge in [0.05, 0.1) is 6.61 Å². The third-order valence-electron chi connectivity index (χ3n) is 3.47. The number of hydrogen-bond donors (Lipinski definition) is 2. The standard InChI is InChI=1S/C17H13Cl2N3O3/c1-2-25-17(24)16-15(20-22-21-16)13-4-3-9(7-14(13)23)10-5-11(18)8-12(19)6-10/h3-8,23H,2H2,1H3,(H,20,21,22). The van der Waals surface area contributed by atoms with E-state index < -0.39 is 5.97 Å². The monoisotopic (exact) mass is 377 g/mol. The Bertz CT molecular complexity index is 920. The van der Waals surface area contributed by atoms with Gasteiger partial charge in [-0.25, -0.2) is 4.79 Å². The lowest BCUT2D eigenvalue weighted by Crippen LogP contribution is -2.06. The number of halogens is 2. The Morgan fingerprint density at radius 1 is 1.12 bits per heavy atom. The van der Waals surface area contributed by atoms with Crippen LogP contribution in [0.3, 0.4) is 0 Å². The minimum absolute atomic E-state index is 0.00991. The summed E-state index contributed by atoms with van der Waals surface area (Å²) in [6, 6.07) is 10.0.